The first-order valence-electron chi connectivity index (χ1n) is 7.58. The van der Waals surface area contributed by atoms with Crippen molar-refractivity contribution in [1.82, 2.24) is 10.6 Å². The van der Waals surface area contributed by atoms with Gasteiger partial charge in [0.15, 0.2) is 0 Å². The Balaban J connectivity index is 0.00000242. The Morgan fingerprint density at radius 1 is 1.45 bits per heavy atom. The third-order valence-corrected chi connectivity index (χ3v) is 3.42. The van der Waals surface area contributed by atoms with Crippen LogP contribution in [0, 0.1) is 0 Å². The number of carbonyl (C=O) groups is 1. The Labute approximate surface area is 138 Å². The molecule has 1 saturated heterocycles. The lowest BCUT2D eigenvalue weighted by molar-refractivity contribution is -0.122. The quantitative estimate of drug-likeness (QED) is 0.797. The van der Waals surface area contributed by atoms with Crippen molar-refractivity contribution in [2.45, 2.75) is 25.8 Å². The third-order valence-electron chi connectivity index (χ3n) is 3.42. The molecule has 2 rings (SSSR count). The lowest BCUT2D eigenvalue weighted by atomic mass is 10.1. The predicted molar refractivity (Wildman–Crippen MR) is 88.8 cm³/mol. The first kappa shape index (κ1) is 18.7. The second-order valence-corrected chi connectivity index (χ2v) is 5.07. The molecule has 0 radical (unpaired) electrons. The minimum absolute atomic E-state index is 0. The molecule has 0 bridgehead atoms. The topological polar surface area (TPSA) is 59.6 Å². The Kier molecular flexibility index (Phi) is 8.89. The van der Waals surface area contributed by atoms with Gasteiger partial charge in [0, 0.05) is 25.6 Å². The van der Waals surface area contributed by atoms with Crippen LogP contribution in [0.5, 0.6) is 5.75 Å². The van der Waals surface area contributed by atoms with E-state index >= 15 is 0 Å². The van der Waals surface area contributed by atoms with Crippen LogP contribution in [0.3, 0.4) is 0 Å². The molecule has 0 spiro atoms. The Morgan fingerprint density at radius 3 is 3.00 bits per heavy atom. The van der Waals surface area contributed by atoms with E-state index in [1.165, 1.54) is 0 Å². The maximum atomic E-state index is 11.9. The second kappa shape index (κ2) is 10.4. The number of nitrogens with one attached hydrogen (secondary N) is 2. The number of carbonyl (C=O) groups excluding carboxylic acids is 1. The van der Waals surface area contributed by atoms with E-state index in [4.69, 9.17) is 9.47 Å². The first-order valence-corrected chi connectivity index (χ1v) is 7.58. The maximum Gasteiger partial charge on any atom is 0.221 e. The van der Waals surface area contributed by atoms with Crippen LogP contribution in [0.1, 0.15) is 18.9 Å². The molecule has 5 nitrogen and oxygen atoms in total. The zero-order valence-corrected chi connectivity index (χ0v) is 13.8. The van der Waals surface area contributed by atoms with Gasteiger partial charge in [0.05, 0.1) is 19.8 Å². The molecule has 1 atom stereocenters. The highest BCUT2D eigenvalue weighted by molar-refractivity contribution is 5.85. The minimum atomic E-state index is 0. The average Bonchev–Trinajstić information content (AvgIpc) is 2.50. The molecule has 6 heteroatoms. The Bertz CT molecular complexity index is 451. The van der Waals surface area contributed by atoms with E-state index in [-0.39, 0.29) is 24.4 Å². The molecule has 22 heavy (non-hydrogen) atoms. The summed E-state index contributed by atoms with van der Waals surface area (Å²) in [5.74, 6) is 0.962. The van der Waals surface area contributed by atoms with E-state index in [0.29, 0.717) is 26.2 Å². The molecule has 1 amide bonds. The highest BCUT2D eigenvalue weighted by Gasteiger charge is 2.16. The molecule has 0 saturated carbocycles. The number of hydrogen-bond donors (Lipinski definition) is 2. The van der Waals surface area contributed by atoms with Crippen LogP contribution in [-0.4, -0.2) is 44.9 Å². The van der Waals surface area contributed by atoms with Crippen molar-refractivity contribution in [3.8, 4) is 5.75 Å². The summed E-state index contributed by atoms with van der Waals surface area (Å²) < 4.78 is 10.9. The van der Waals surface area contributed by atoms with E-state index in [1.54, 1.807) is 0 Å². The van der Waals surface area contributed by atoms with Gasteiger partial charge in [0.1, 0.15) is 5.75 Å². The van der Waals surface area contributed by atoms with Crippen molar-refractivity contribution in [3.63, 3.8) is 0 Å². The zero-order valence-electron chi connectivity index (χ0n) is 13.0. The Hall–Kier alpha value is -1.30. The molecule has 1 fully saturated rings. The summed E-state index contributed by atoms with van der Waals surface area (Å²) in [6.07, 6.45) is 1.24. The summed E-state index contributed by atoms with van der Waals surface area (Å²) >= 11 is 0. The molecule has 1 aliphatic rings. The number of halogens is 1. The monoisotopic (exact) mass is 328 g/mol. The number of ether oxygens (including phenoxy) is 2. The maximum absolute atomic E-state index is 11.9. The van der Waals surface area contributed by atoms with Gasteiger partial charge in [-0.3, -0.25) is 4.79 Å². The molecule has 1 unspecified atom stereocenters. The van der Waals surface area contributed by atoms with Crippen LogP contribution in [0.25, 0.3) is 0 Å². The highest BCUT2D eigenvalue weighted by atomic mass is 35.5. The minimum Gasteiger partial charge on any atom is -0.494 e. The number of morpholine rings is 1. The third kappa shape index (κ3) is 6.22. The average molecular weight is 329 g/mol. The molecule has 0 aliphatic carbocycles. The van der Waals surface area contributed by atoms with Crippen LogP contribution in [-0.2, 0) is 16.0 Å². The van der Waals surface area contributed by atoms with Crippen LogP contribution < -0.4 is 15.4 Å². The lowest BCUT2D eigenvalue weighted by Gasteiger charge is -2.23. The SMILES string of the molecule is CCOc1ccccc1CCNC(=O)CC1COCCN1.Cl. The molecule has 0 aromatic heterocycles. The van der Waals surface area contributed by atoms with E-state index in [2.05, 4.69) is 10.6 Å². The standard InChI is InChI=1S/C16H24N2O3.ClH/c1-2-21-15-6-4-3-5-13(15)7-8-18-16(19)11-14-12-20-10-9-17-14;/h3-6,14,17H,2,7-12H2,1H3,(H,18,19);1H. The van der Waals surface area contributed by atoms with Crippen LogP contribution in [0.15, 0.2) is 24.3 Å². The van der Waals surface area contributed by atoms with Gasteiger partial charge in [-0.25, -0.2) is 0 Å². The highest BCUT2D eigenvalue weighted by Crippen LogP contribution is 2.17. The van der Waals surface area contributed by atoms with Crippen molar-refractivity contribution in [2.24, 2.45) is 0 Å². The molecule has 1 heterocycles. The number of benzene rings is 1. The van der Waals surface area contributed by atoms with E-state index in [0.717, 1.165) is 30.9 Å². The summed E-state index contributed by atoms with van der Waals surface area (Å²) in [5.41, 5.74) is 1.12. The number of amides is 1. The van der Waals surface area contributed by atoms with Gasteiger partial charge in [-0.1, -0.05) is 18.2 Å². The summed E-state index contributed by atoms with van der Waals surface area (Å²) in [6, 6.07) is 8.08. The van der Waals surface area contributed by atoms with Gasteiger partial charge in [0.2, 0.25) is 5.91 Å². The second-order valence-electron chi connectivity index (χ2n) is 5.07. The van der Waals surface area contributed by atoms with Crippen LogP contribution in [0.2, 0.25) is 0 Å². The van der Waals surface area contributed by atoms with Crippen molar-refractivity contribution >= 4 is 18.3 Å². The fraction of sp³-hybridized carbons (Fsp3) is 0.562. The predicted octanol–water partition coefficient (Wildman–Crippen LogP) is 1.54. The number of hydrogen-bond acceptors (Lipinski definition) is 4. The lowest BCUT2D eigenvalue weighted by Crippen LogP contribution is -2.44. The number of rotatable bonds is 7. The number of para-hydroxylation sites is 1. The summed E-state index contributed by atoms with van der Waals surface area (Å²) in [6.45, 7) is 5.40. The smallest absolute Gasteiger partial charge is 0.221 e. The fourth-order valence-electron chi connectivity index (χ4n) is 2.39. The normalized spacial score (nSPS) is 17.4. The zero-order chi connectivity index (χ0) is 14.9. The molecule has 124 valence electrons. The van der Waals surface area contributed by atoms with E-state index < -0.39 is 0 Å². The molecular formula is C16H25ClN2O3. The van der Waals surface area contributed by atoms with Crippen LogP contribution in [0.4, 0.5) is 0 Å². The molecular weight excluding hydrogens is 304 g/mol. The summed E-state index contributed by atoms with van der Waals surface area (Å²) in [4.78, 5) is 11.9. The molecule has 2 N–H and O–H groups in total. The van der Waals surface area contributed by atoms with Crippen molar-refractivity contribution in [3.05, 3.63) is 29.8 Å². The van der Waals surface area contributed by atoms with Crippen molar-refractivity contribution in [1.29, 1.82) is 0 Å². The molecule has 1 aliphatic heterocycles. The van der Waals surface area contributed by atoms with Gasteiger partial charge in [-0.15, -0.1) is 12.4 Å². The van der Waals surface area contributed by atoms with E-state index in [9.17, 15) is 4.79 Å². The molecule has 1 aromatic rings. The largest absolute Gasteiger partial charge is 0.494 e. The van der Waals surface area contributed by atoms with Gasteiger partial charge >= 0.3 is 0 Å². The summed E-state index contributed by atoms with van der Waals surface area (Å²) in [5, 5.41) is 6.24. The van der Waals surface area contributed by atoms with Crippen molar-refractivity contribution in [2.75, 3.05) is 32.9 Å². The fourth-order valence-corrected chi connectivity index (χ4v) is 2.39. The Morgan fingerprint density at radius 2 is 2.27 bits per heavy atom. The van der Waals surface area contributed by atoms with E-state index in [1.807, 2.05) is 31.2 Å². The van der Waals surface area contributed by atoms with Crippen LogP contribution >= 0.6 is 12.4 Å². The van der Waals surface area contributed by atoms with Gasteiger partial charge in [0.25, 0.3) is 0 Å². The van der Waals surface area contributed by atoms with Crippen molar-refractivity contribution < 1.29 is 14.3 Å². The first-order chi connectivity index (χ1) is 10.3. The van der Waals surface area contributed by atoms with Gasteiger partial charge < -0.3 is 20.1 Å². The van der Waals surface area contributed by atoms with Gasteiger partial charge in [-0.05, 0) is 25.0 Å². The molecule has 1 aromatic carbocycles. The summed E-state index contributed by atoms with van der Waals surface area (Å²) in [7, 11) is 0. The van der Waals surface area contributed by atoms with Gasteiger partial charge in [-0.2, -0.15) is 0 Å².